The molecule has 6 nitrogen and oxygen atoms in total. The van der Waals surface area contributed by atoms with Crippen LogP contribution in [0.15, 0.2) is 35.3 Å². The molecule has 0 bridgehead atoms. The zero-order valence-electron chi connectivity index (χ0n) is 17.9. The molecule has 6 heteroatoms. The van der Waals surface area contributed by atoms with Gasteiger partial charge in [0.25, 0.3) is 0 Å². The molecule has 2 rings (SSSR count). The zero-order valence-corrected chi connectivity index (χ0v) is 17.9. The van der Waals surface area contributed by atoms with Gasteiger partial charge >= 0.3 is 6.09 Å². The fourth-order valence-electron chi connectivity index (χ4n) is 3.25. The van der Waals surface area contributed by atoms with Crippen LogP contribution < -0.4 is 0 Å². The van der Waals surface area contributed by atoms with Crippen molar-refractivity contribution < 1.29 is 14.3 Å². The summed E-state index contributed by atoms with van der Waals surface area (Å²) in [6, 6.07) is 9.35. The van der Waals surface area contributed by atoms with Crippen molar-refractivity contribution in [1.29, 1.82) is 0 Å². The monoisotopic (exact) mass is 387 g/mol. The third kappa shape index (κ3) is 5.81. The molecule has 0 N–H and O–H groups in total. The second kappa shape index (κ2) is 9.22. The predicted molar refractivity (Wildman–Crippen MR) is 111 cm³/mol. The lowest BCUT2D eigenvalue weighted by Gasteiger charge is -2.42. The van der Waals surface area contributed by atoms with E-state index in [1.165, 1.54) is 4.90 Å². The normalized spacial score (nSPS) is 19.5. The van der Waals surface area contributed by atoms with E-state index in [1.807, 2.05) is 76.8 Å². The number of nitrogens with zero attached hydrogens (tertiary/aromatic N) is 3. The van der Waals surface area contributed by atoms with E-state index in [2.05, 4.69) is 4.99 Å². The van der Waals surface area contributed by atoms with Gasteiger partial charge in [-0.25, -0.2) is 9.69 Å². The largest absolute Gasteiger partial charge is 0.443 e. The number of aliphatic imine (C=N–C) groups is 1. The fraction of sp³-hybridized carbons (Fsp3) is 0.591. The van der Waals surface area contributed by atoms with Gasteiger partial charge in [0.2, 0.25) is 5.96 Å². The molecule has 1 aromatic carbocycles. The van der Waals surface area contributed by atoms with E-state index in [-0.39, 0.29) is 18.2 Å². The second-order valence-corrected chi connectivity index (χ2v) is 8.58. The van der Waals surface area contributed by atoms with Crippen molar-refractivity contribution in [2.45, 2.75) is 66.2 Å². The summed E-state index contributed by atoms with van der Waals surface area (Å²) in [6.07, 6.45) is 0.0662. The van der Waals surface area contributed by atoms with Crippen molar-refractivity contribution in [1.82, 2.24) is 9.80 Å². The Morgan fingerprint density at radius 3 is 2.43 bits per heavy atom. The van der Waals surface area contributed by atoms with Crippen LogP contribution in [0.3, 0.4) is 0 Å². The minimum Gasteiger partial charge on any atom is -0.443 e. The van der Waals surface area contributed by atoms with Gasteiger partial charge in [-0.15, -0.1) is 0 Å². The van der Waals surface area contributed by atoms with Crippen molar-refractivity contribution in [3.05, 3.63) is 35.9 Å². The number of hydrogen-bond acceptors (Lipinski definition) is 4. The first-order valence-corrected chi connectivity index (χ1v) is 10.0. The van der Waals surface area contributed by atoms with Gasteiger partial charge in [0.05, 0.1) is 6.54 Å². The van der Waals surface area contributed by atoms with E-state index in [0.29, 0.717) is 25.5 Å². The molecule has 1 atom stereocenters. The standard InChI is InChI=1S/C22H33N3O3/c1-7-23-20-24(14-17-11-9-8-10-12-17)15-19(26)18(13-16(2)3)25(20)21(27)28-22(4,5)6/h8-12,16,18H,7,13-15H2,1-6H3/t18-/m0/s1. The van der Waals surface area contributed by atoms with Gasteiger partial charge in [-0.2, -0.15) is 0 Å². The van der Waals surface area contributed by atoms with Crippen molar-refractivity contribution in [2.75, 3.05) is 13.1 Å². The Morgan fingerprint density at radius 1 is 1.25 bits per heavy atom. The molecule has 1 heterocycles. The third-order valence-corrected chi connectivity index (χ3v) is 4.33. The maximum Gasteiger partial charge on any atom is 0.417 e. The highest BCUT2D eigenvalue weighted by Crippen LogP contribution is 2.24. The molecular weight excluding hydrogens is 354 g/mol. The first kappa shape index (κ1) is 21.9. The number of ketones is 1. The number of benzene rings is 1. The Hall–Kier alpha value is -2.37. The SMILES string of the molecule is CCN=C1N(Cc2ccccc2)CC(=O)[C@H](CC(C)C)N1C(=O)OC(C)(C)C. The summed E-state index contributed by atoms with van der Waals surface area (Å²) >= 11 is 0. The first-order chi connectivity index (χ1) is 13.1. The number of carbonyl (C=O) groups excluding carboxylic acids is 2. The molecule has 1 aliphatic rings. The molecule has 0 unspecified atom stereocenters. The lowest BCUT2D eigenvalue weighted by Crippen LogP contribution is -2.62. The molecule has 1 fully saturated rings. The smallest absolute Gasteiger partial charge is 0.417 e. The first-order valence-electron chi connectivity index (χ1n) is 10.0. The van der Waals surface area contributed by atoms with Crippen LogP contribution in [0.4, 0.5) is 4.79 Å². The third-order valence-electron chi connectivity index (χ3n) is 4.33. The summed E-state index contributed by atoms with van der Waals surface area (Å²) < 4.78 is 5.64. The van der Waals surface area contributed by atoms with E-state index >= 15 is 0 Å². The van der Waals surface area contributed by atoms with E-state index in [0.717, 1.165) is 5.56 Å². The van der Waals surface area contributed by atoms with Gasteiger partial charge in [0.15, 0.2) is 5.78 Å². The molecule has 1 saturated heterocycles. The topological polar surface area (TPSA) is 62.2 Å². The highest BCUT2D eigenvalue weighted by atomic mass is 16.6. The quantitative estimate of drug-likeness (QED) is 0.763. The molecule has 0 radical (unpaired) electrons. The van der Waals surface area contributed by atoms with Crippen LogP contribution in [0.25, 0.3) is 0 Å². The Balaban J connectivity index is 2.41. The van der Waals surface area contributed by atoms with Crippen LogP contribution in [0, 0.1) is 5.92 Å². The Morgan fingerprint density at radius 2 is 1.89 bits per heavy atom. The van der Waals surface area contributed by atoms with Crippen molar-refractivity contribution in [2.24, 2.45) is 10.9 Å². The minimum absolute atomic E-state index is 0.0190. The van der Waals surface area contributed by atoms with E-state index in [1.54, 1.807) is 0 Å². The highest BCUT2D eigenvalue weighted by molar-refractivity contribution is 6.05. The number of guanidine groups is 1. The van der Waals surface area contributed by atoms with Crippen molar-refractivity contribution >= 4 is 17.8 Å². The van der Waals surface area contributed by atoms with Gasteiger partial charge < -0.3 is 9.64 Å². The molecule has 1 aromatic rings. The van der Waals surface area contributed by atoms with Crippen LogP contribution in [0.1, 0.15) is 53.5 Å². The molecule has 0 saturated carbocycles. The Labute approximate surface area is 168 Å². The molecule has 0 aromatic heterocycles. The number of hydrogen-bond donors (Lipinski definition) is 0. The molecule has 1 amide bonds. The van der Waals surface area contributed by atoms with Gasteiger partial charge in [-0.05, 0) is 45.6 Å². The number of carbonyl (C=O) groups is 2. The zero-order chi connectivity index (χ0) is 20.9. The number of amides is 1. The maximum absolute atomic E-state index is 13.1. The van der Waals surface area contributed by atoms with Gasteiger partial charge in [0, 0.05) is 13.1 Å². The van der Waals surface area contributed by atoms with Crippen LogP contribution in [-0.4, -0.2) is 52.4 Å². The summed E-state index contributed by atoms with van der Waals surface area (Å²) in [4.78, 5) is 34.0. The molecule has 28 heavy (non-hydrogen) atoms. The maximum atomic E-state index is 13.1. The van der Waals surface area contributed by atoms with Crippen LogP contribution >= 0.6 is 0 Å². The van der Waals surface area contributed by atoms with Gasteiger partial charge in [0.1, 0.15) is 11.6 Å². The Kier molecular flexibility index (Phi) is 7.22. The van der Waals surface area contributed by atoms with E-state index in [4.69, 9.17) is 4.74 Å². The van der Waals surface area contributed by atoms with E-state index in [9.17, 15) is 9.59 Å². The number of Topliss-reactive ketones (excluding diaryl/α,β-unsaturated/α-hetero) is 1. The summed E-state index contributed by atoms with van der Waals surface area (Å²) in [5, 5.41) is 0. The van der Waals surface area contributed by atoms with Crippen molar-refractivity contribution in [3.8, 4) is 0 Å². The summed E-state index contributed by atoms with van der Waals surface area (Å²) in [6.45, 7) is 12.8. The van der Waals surface area contributed by atoms with Crippen molar-refractivity contribution in [3.63, 3.8) is 0 Å². The van der Waals surface area contributed by atoms with E-state index < -0.39 is 17.7 Å². The average Bonchev–Trinajstić information content (AvgIpc) is 2.58. The minimum atomic E-state index is -0.651. The van der Waals surface area contributed by atoms with Crippen LogP contribution in [0.5, 0.6) is 0 Å². The van der Waals surface area contributed by atoms with Crippen LogP contribution in [0.2, 0.25) is 0 Å². The van der Waals surface area contributed by atoms with Crippen LogP contribution in [-0.2, 0) is 16.1 Å². The highest BCUT2D eigenvalue weighted by Gasteiger charge is 2.43. The van der Waals surface area contributed by atoms with Gasteiger partial charge in [-0.3, -0.25) is 9.79 Å². The molecule has 1 aliphatic heterocycles. The second-order valence-electron chi connectivity index (χ2n) is 8.58. The molecular formula is C22H33N3O3. The summed E-state index contributed by atoms with van der Waals surface area (Å²) in [5.74, 6) is 0.804. The van der Waals surface area contributed by atoms with Gasteiger partial charge in [-0.1, -0.05) is 44.2 Å². The average molecular weight is 388 g/mol. The lowest BCUT2D eigenvalue weighted by molar-refractivity contribution is -0.126. The fourth-order valence-corrected chi connectivity index (χ4v) is 3.25. The lowest BCUT2D eigenvalue weighted by atomic mass is 9.96. The predicted octanol–water partition coefficient (Wildman–Crippen LogP) is 4.10. The number of ether oxygens (including phenoxy) is 1. The Bertz CT molecular complexity index is 707. The summed E-state index contributed by atoms with van der Waals surface area (Å²) in [5.41, 5.74) is 0.409. The number of rotatable bonds is 5. The summed E-state index contributed by atoms with van der Waals surface area (Å²) in [7, 11) is 0. The molecule has 154 valence electrons. The molecule has 0 spiro atoms. The molecule has 0 aliphatic carbocycles.